The van der Waals surface area contributed by atoms with Crippen molar-refractivity contribution in [2.24, 2.45) is 0 Å². The quantitative estimate of drug-likeness (QED) is 0.694. The number of benzene rings is 1. The number of hydrogen-bond acceptors (Lipinski definition) is 1. The van der Waals surface area contributed by atoms with Gasteiger partial charge >= 0.3 is 0 Å². The molecule has 0 amide bonds. The Bertz CT molecular complexity index is 292. The monoisotopic (exact) mass is 174 g/mol. The van der Waals surface area contributed by atoms with E-state index in [1.165, 1.54) is 11.1 Å². The summed E-state index contributed by atoms with van der Waals surface area (Å²) in [4.78, 5) is 0. The summed E-state index contributed by atoms with van der Waals surface area (Å²) in [6.45, 7) is 2.06. The zero-order valence-electron chi connectivity index (χ0n) is 7.83. The minimum Gasteiger partial charge on any atom is -0.380 e. The minimum atomic E-state index is -0.610. The van der Waals surface area contributed by atoms with Gasteiger partial charge in [-0.3, -0.25) is 0 Å². The summed E-state index contributed by atoms with van der Waals surface area (Å²) in [5.74, 6) is 2.30. The summed E-state index contributed by atoms with van der Waals surface area (Å²) in [7, 11) is 0. The Morgan fingerprint density at radius 2 is 2.00 bits per heavy atom. The fourth-order valence-corrected chi connectivity index (χ4v) is 1.14. The molecule has 1 aromatic rings. The van der Waals surface area contributed by atoms with E-state index < -0.39 is 6.10 Å². The molecule has 1 aromatic carbocycles. The lowest BCUT2D eigenvalue weighted by atomic mass is 10.1. The van der Waals surface area contributed by atoms with Crippen molar-refractivity contribution in [1.29, 1.82) is 0 Å². The number of aryl methyl sites for hydroxylation is 2. The predicted octanol–water partition coefficient (Wildman–Crippen LogP) is 1.92. The standard InChI is InChI=1S/C12H14O/c1-3-12(13)9-8-11-6-4-10(2)5-7-11/h1,4-7,12-13H,8-9H2,2H3. The van der Waals surface area contributed by atoms with Crippen molar-refractivity contribution in [3.05, 3.63) is 35.4 Å². The molecule has 0 fully saturated rings. The first-order chi connectivity index (χ1) is 6.22. The molecule has 1 unspecified atom stereocenters. The van der Waals surface area contributed by atoms with Crippen molar-refractivity contribution < 1.29 is 5.11 Å². The Balaban J connectivity index is 2.47. The maximum atomic E-state index is 9.14. The lowest BCUT2D eigenvalue weighted by Crippen LogP contribution is -2.03. The minimum absolute atomic E-state index is 0.610. The van der Waals surface area contributed by atoms with Crippen molar-refractivity contribution in [3.63, 3.8) is 0 Å². The third kappa shape index (κ3) is 3.31. The molecular formula is C12H14O. The Kier molecular flexibility index (Phi) is 3.54. The van der Waals surface area contributed by atoms with Gasteiger partial charge in [-0.15, -0.1) is 6.42 Å². The molecule has 1 nitrogen and oxygen atoms in total. The zero-order valence-corrected chi connectivity index (χ0v) is 7.83. The smallest absolute Gasteiger partial charge is 0.114 e. The molecule has 0 aliphatic heterocycles. The third-order valence-electron chi connectivity index (χ3n) is 2.02. The molecule has 13 heavy (non-hydrogen) atoms. The lowest BCUT2D eigenvalue weighted by Gasteiger charge is -2.03. The normalized spacial score (nSPS) is 12.1. The summed E-state index contributed by atoms with van der Waals surface area (Å²) >= 11 is 0. The number of aliphatic hydroxyl groups excluding tert-OH is 1. The molecule has 68 valence electrons. The average molecular weight is 174 g/mol. The van der Waals surface area contributed by atoms with Crippen LogP contribution in [0.2, 0.25) is 0 Å². The summed E-state index contributed by atoms with van der Waals surface area (Å²) in [6, 6.07) is 8.27. The van der Waals surface area contributed by atoms with Gasteiger partial charge in [-0.05, 0) is 25.3 Å². The van der Waals surface area contributed by atoms with Gasteiger partial charge in [0.15, 0.2) is 0 Å². The van der Waals surface area contributed by atoms with E-state index >= 15 is 0 Å². The molecule has 0 aromatic heterocycles. The van der Waals surface area contributed by atoms with Crippen LogP contribution in [-0.2, 0) is 6.42 Å². The lowest BCUT2D eigenvalue weighted by molar-refractivity contribution is 0.222. The van der Waals surface area contributed by atoms with E-state index in [1.807, 2.05) is 0 Å². The van der Waals surface area contributed by atoms with Crippen LogP contribution in [0.25, 0.3) is 0 Å². The van der Waals surface area contributed by atoms with Crippen LogP contribution in [0.3, 0.4) is 0 Å². The van der Waals surface area contributed by atoms with Crippen molar-refractivity contribution in [2.75, 3.05) is 0 Å². The van der Waals surface area contributed by atoms with Crippen LogP contribution in [0.1, 0.15) is 17.5 Å². The van der Waals surface area contributed by atoms with Gasteiger partial charge in [-0.1, -0.05) is 35.7 Å². The van der Waals surface area contributed by atoms with Gasteiger partial charge in [0.1, 0.15) is 6.10 Å². The average Bonchev–Trinajstić information content (AvgIpc) is 2.16. The molecular weight excluding hydrogens is 160 g/mol. The number of rotatable bonds is 3. The molecule has 0 heterocycles. The first-order valence-electron chi connectivity index (χ1n) is 4.42. The van der Waals surface area contributed by atoms with E-state index in [9.17, 15) is 0 Å². The highest BCUT2D eigenvalue weighted by molar-refractivity contribution is 5.21. The molecule has 1 rings (SSSR count). The first-order valence-corrected chi connectivity index (χ1v) is 4.42. The van der Waals surface area contributed by atoms with E-state index in [0.717, 1.165) is 6.42 Å². The van der Waals surface area contributed by atoms with Gasteiger partial charge < -0.3 is 5.11 Å². The van der Waals surface area contributed by atoms with E-state index in [4.69, 9.17) is 11.5 Å². The van der Waals surface area contributed by atoms with Gasteiger partial charge in [-0.2, -0.15) is 0 Å². The van der Waals surface area contributed by atoms with Crippen molar-refractivity contribution in [3.8, 4) is 12.3 Å². The highest BCUT2D eigenvalue weighted by atomic mass is 16.3. The van der Waals surface area contributed by atoms with Crippen molar-refractivity contribution in [2.45, 2.75) is 25.9 Å². The SMILES string of the molecule is C#CC(O)CCc1ccc(C)cc1. The second-order valence-electron chi connectivity index (χ2n) is 3.21. The van der Waals surface area contributed by atoms with Crippen molar-refractivity contribution in [1.82, 2.24) is 0 Å². The van der Waals surface area contributed by atoms with Crippen LogP contribution < -0.4 is 0 Å². The van der Waals surface area contributed by atoms with Crippen molar-refractivity contribution >= 4 is 0 Å². The van der Waals surface area contributed by atoms with Gasteiger partial charge in [-0.25, -0.2) is 0 Å². The second-order valence-corrected chi connectivity index (χ2v) is 3.21. The molecule has 0 saturated heterocycles. The number of hydrogen-bond donors (Lipinski definition) is 1. The van der Waals surface area contributed by atoms with E-state index in [0.29, 0.717) is 6.42 Å². The van der Waals surface area contributed by atoms with Gasteiger partial charge in [0.25, 0.3) is 0 Å². The van der Waals surface area contributed by atoms with Crippen LogP contribution in [-0.4, -0.2) is 11.2 Å². The Hall–Kier alpha value is -1.26. The fourth-order valence-electron chi connectivity index (χ4n) is 1.14. The largest absolute Gasteiger partial charge is 0.380 e. The molecule has 1 atom stereocenters. The van der Waals surface area contributed by atoms with E-state index in [1.54, 1.807) is 0 Å². The number of aliphatic hydroxyl groups is 1. The van der Waals surface area contributed by atoms with E-state index in [2.05, 4.69) is 37.1 Å². The zero-order chi connectivity index (χ0) is 9.68. The number of terminal acetylenes is 1. The van der Waals surface area contributed by atoms with E-state index in [-0.39, 0.29) is 0 Å². The van der Waals surface area contributed by atoms with Crippen LogP contribution in [0.5, 0.6) is 0 Å². The van der Waals surface area contributed by atoms with Gasteiger partial charge in [0, 0.05) is 0 Å². The molecule has 1 N–H and O–H groups in total. The van der Waals surface area contributed by atoms with Crippen LogP contribution >= 0.6 is 0 Å². The summed E-state index contributed by atoms with van der Waals surface area (Å²) in [6.07, 6.45) is 5.93. The highest BCUT2D eigenvalue weighted by Gasteiger charge is 1.99. The Morgan fingerprint density at radius 3 is 2.54 bits per heavy atom. The predicted molar refractivity (Wildman–Crippen MR) is 54.3 cm³/mol. The first kappa shape index (κ1) is 9.83. The van der Waals surface area contributed by atoms with Crippen LogP contribution in [0, 0.1) is 19.3 Å². The second kappa shape index (κ2) is 4.69. The van der Waals surface area contributed by atoms with Gasteiger partial charge in [0.2, 0.25) is 0 Å². The summed E-state index contributed by atoms with van der Waals surface area (Å²) in [5.41, 5.74) is 2.47. The molecule has 0 spiro atoms. The fraction of sp³-hybridized carbons (Fsp3) is 0.333. The molecule has 0 aliphatic carbocycles. The molecule has 0 radical (unpaired) electrons. The molecule has 0 aliphatic rings. The van der Waals surface area contributed by atoms with Gasteiger partial charge in [0.05, 0.1) is 0 Å². The third-order valence-corrected chi connectivity index (χ3v) is 2.02. The molecule has 0 bridgehead atoms. The Morgan fingerprint density at radius 1 is 1.38 bits per heavy atom. The Labute approximate surface area is 79.4 Å². The summed E-state index contributed by atoms with van der Waals surface area (Å²) in [5, 5.41) is 9.14. The van der Waals surface area contributed by atoms with Crippen LogP contribution in [0.15, 0.2) is 24.3 Å². The summed E-state index contributed by atoms with van der Waals surface area (Å²) < 4.78 is 0. The topological polar surface area (TPSA) is 20.2 Å². The highest BCUT2D eigenvalue weighted by Crippen LogP contribution is 2.06. The maximum Gasteiger partial charge on any atom is 0.114 e. The van der Waals surface area contributed by atoms with Crippen LogP contribution in [0.4, 0.5) is 0 Å². The molecule has 1 heteroatoms. The molecule has 0 saturated carbocycles. The maximum absolute atomic E-state index is 9.14.